The molecule has 0 bridgehead atoms. The second-order valence-electron chi connectivity index (χ2n) is 7.07. The molecule has 6 heteroatoms. The first-order valence-corrected chi connectivity index (χ1v) is 9.30. The van der Waals surface area contributed by atoms with Crippen molar-refractivity contribution in [3.05, 3.63) is 65.7 Å². The molecule has 0 spiro atoms. The monoisotopic (exact) mass is 383 g/mol. The smallest absolute Gasteiger partial charge is 0.287 e. The summed E-state index contributed by atoms with van der Waals surface area (Å²) in [5, 5.41) is 3.81. The molecule has 0 aliphatic carbocycles. The summed E-state index contributed by atoms with van der Waals surface area (Å²) in [6.07, 6.45) is 1.51. The first-order chi connectivity index (χ1) is 13.6. The number of carbonyl (C=O) groups excluding carboxylic acids is 1. The highest BCUT2D eigenvalue weighted by Crippen LogP contribution is 2.35. The minimum absolute atomic E-state index is 0.237. The highest BCUT2D eigenvalue weighted by Gasteiger charge is 2.35. The number of benzene rings is 2. The summed E-state index contributed by atoms with van der Waals surface area (Å²) in [4.78, 5) is 12.7. The van der Waals surface area contributed by atoms with E-state index in [0.29, 0.717) is 31.1 Å². The molecule has 1 amide bonds. The van der Waals surface area contributed by atoms with E-state index < -0.39 is 0 Å². The number of rotatable bonds is 5. The summed E-state index contributed by atoms with van der Waals surface area (Å²) in [6, 6.07) is 13.7. The van der Waals surface area contributed by atoms with E-state index >= 15 is 0 Å². The van der Waals surface area contributed by atoms with Gasteiger partial charge in [0.25, 0.3) is 5.91 Å². The quantitative estimate of drug-likeness (QED) is 0.722. The molecule has 2 heterocycles. The Labute approximate surface area is 162 Å². The number of para-hydroxylation sites is 1. The Bertz CT molecular complexity index is 974. The van der Waals surface area contributed by atoms with Crippen LogP contribution in [0.1, 0.15) is 29.0 Å². The number of carbonyl (C=O) groups is 1. The summed E-state index contributed by atoms with van der Waals surface area (Å²) < 4.78 is 29.9. The molecular weight excluding hydrogens is 361 g/mol. The van der Waals surface area contributed by atoms with Crippen LogP contribution in [-0.4, -0.2) is 32.8 Å². The molecule has 3 aromatic rings. The maximum atomic E-state index is 13.4. The molecule has 1 aromatic heterocycles. The summed E-state index contributed by atoms with van der Waals surface area (Å²) in [5.74, 6) is 0.266. The van der Waals surface area contributed by atoms with Gasteiger partial charge in [-0.2, -0.15) is 0 Å². The summed E-state index contributed by atoms with van der Waals surface area (Å²) in [6.45, 7) is 1.64. The SMILES string of the molecule is COc1cccc2cc(C(=O)NCC3(c4ccc(F)cc4)CCOCC3)oc12. The lowest BCUT2D eigenvalue weighted by Crippen LogP contribution is -2.44. The van der Waals surface area contributed by atoms with Gasteiger partial charge in [0.15, 0.2) is 17.1 Å². The average molecular weight is 383 g/mol. The number of methoxy groups -OCH3 is 1. The largest absolute Gasteiger partial charge is 0.493 e. The Morgan fingerprint density at radius 2 is 1.93 bits per heavy atom. The minimum Gasteiger partial charge on any atom is -0.493 e. The minimum atomic E-state index is -0.286. The third kappa shape index (κ3) is 3.47. The van der Waals surface area contributed by atoms with Crippen LogP contribution in [0.15, 0.2) is 52.9 Å². The maximum absolute atomic E-state index is 13.4. The number of furan rings is 1. The van der Waals surface area contributed by atoms with Crippen LogP contribution in [0.25, 0.3) is 11.0 Å². The van der Waals surface area contributed by atoms with Gasteiger partial charge in [-0.25, -0.2) is 4.39 Å². The van der Waals surface area contributed by atoms with Crippen molar-refractivity contribution < 1.29 is 23.1 Å². The van der Waals surface area contributed by atoms with Gasteiger partial charge in [-0.15, -0.1) is 0 Å². The zero-order valence-electron chi connectivity index (χ0n) is 15.7. The molecule has 1 saturated heterocycles. The first-order valence-electron chi connectivity index (χ1n) is 9.30. The third-order valence-electron chi connectivity index (χ3n) is 5.45. The number of fused-ring (bicyclic) bond motifs is 1. The van der Waals surface area contributed by atoms with E-state index in [-0.39, 0.29) is 22.9 Å². The van der Waals surface area contributed by atoms with Crippen LogP contribution in [0.3, 0.4) is 0 Å². The highest BCUT2D eigenvalue weighted by atomic mass is 19.1. The molecule has 0 saturated carbocycles. The normalized spacial score (nSPS) is 16.1. The van der Waals surface area contributed by atoms with Crippen molar-refractivity contribution in [1.29, 1.82) is 0 Å². The van der Waals surface area contributed by atoms with Gasteiger partial charge < -0.3 is 19.2 Å². The molecule has 1 N–H and O–H groups in total. The van der Waals surface area contributed by atoms with Crippen molar-refractivity contribution in [3.63, 3.8) is 0 Å². The van der Waals surface area contributed by atoms with Gasteiger partial charge in [0.1, 0.15) is 5.82 Å². The van der Waals surface area contributed by atoms with Gasteiger partial charge in [-0.1, -0.05) is 24.3 Å². The van der Waals surface area contributed by atoms with E-state index in [4.69, 9.17) is 13.9 Å². The van der Waals surface area contributed by atoms with Crippen LogP contribution >= 0.6 is 0 Å². The maximum Gasteiger partial charge on any atom is 0.287 e. The van der Waals surface area contributed by atoms with E-state index in [9.17, 15) is 9.18 Å². The molecule has 4 rings (SSSR count). The summed E-state index contributed by atoms with van der Waals surface area (Å²) in [5.41, 5.74) is 1.27. The van der Waals surface area contributed by atoms with E-state index in [1.807, 2.05) is 12.1 Å². The predicted octanol–water partition coefficient (Wildman–Crippen LogP) is 4.06. The zero-order chi connectivity index (χ0) is 19.6. The number of halogens is 1. The van der Waals surface area contributed by atoms with Crippen molar-refractivity contribution in [1.82, 2.24) is 5.32 Å². The van der Waals surface area contributed by atoms with E-state index in [1.54, 1.807) is 31.4 Å². The second-order valence-corrected chi connectivity index (χ2v) is 7.07. The van der Waals surface area contributed by atoms with E-state index in [1.165, 1.54) is 12.1 Å². The molecule has 1 aliphatic rings. The fourth-order valence-corrected chi connectivity index (χ4v) is 3.78. The van der Waals surface area contributed by atoms with Gasteiger partial charge in [0.2, 0.25) is 0 Å². The topological polar surface area (TPSA) is 60.7 Å². The van der Waals surface area contributed by atoms with Crippen LogP contribution in [0.2, 0.25) is 0 Å². The summed E-state index contributed by atoms with van der Waals surface area (Å²) >= 11 is 0. The van der Waals surface area contributed by atoms with E-state index in [2.05, 4.69) is 5.32 Å². The van der Waals surface area contributed by atoms with Crippen LogP contribution in [0.5, 0.6) is 5.75 Å². The van der Waals surface area contributed by atoms with Crippen molar-refractivity contribution in [2.24, 2.45) is 0 Å². The van der Waals surface area contributed by atoms with Gasteiger partial charge >= 0.3 is 0 Å². The highest BCUT2D eigenvalue weighted by molar-refractivity contribution is 5.97. The second kappa shape index (κ2) is 7.64. The van der Waals surface area contributed by atoms with Crippen molar-refractivity contribution >= 4 is 16.9 Å². The fourth-order valence-electron chi connectivity index (χ4n) is 3.78. The molecule has 0 radical (unpaired) electrons. The van der Waals surface area contributed by atoms with Crippen molar-refractivity contribution in [2.45, 2.75) is 18.3 Å². The van der Waals surface area contributed by atoms with Crippen molar-refractivity contribution in [3.8, 4) is 5.75 Å². The Morgan fingerprint density at radius 1 is 1.18 bits per heavy atom. The van der Waals surface area contributed by atoms with Gasteiger partial charge in [0, 0.05) is 30.6 Å². The Balaban J connectivity index is 1.55. The lowest BCUT2D eigenvalue weighted by Gasteiger charge is -2.37. The van der Waals surface area contributed by atoms with Gasteiger partial charge in [-0.05, 0) is 42.7 Å². The molecule has 1 fully saturated rings. The van der Waals surface area contributed by atoms with Gasteiger partial charge in [0.05, 0.1) is 7.11 Å². The van der Waals surface area contributed by atoms with Crippen LogP contribution < -0.4 is 10.1 Å². The van der Waals surface area contributed by atoms with E-state index in [0.717, 1.165) is 23.8 Å². The lowest BCUT2D eigenvalue weighted by molar-refractivity contribution is 0.0484. The lowest BCUT2D eigenvalue weighted by atomic mass is 9.74. The number of ether oxygens (including phenoxy) is 2. The molecule has 28 heavy (non-hydrogen) atoms. The fraction of sp³-hybridized carbons (Fsp3) is 0.318. The Kier molecular flexibility index (Phi) is 5.05. The van der Waals surface area contributed by atoms with Crippen molar-refractivity contribution in [2.75, 3.05) is 26.9 Å². The molecule has 1 aliphatic heterocycles. The van der Waals surface area contributed by atoms with Crippen LogP contribution in [0, 0.1) is 5.82 Å². The molecule has 5 nitrogen and oxygen atoms in total. The summed E-state index contributed by atoms with van der Waals surface area (Å²) in [7, 11) is 1.56. The van der Waals surface area contributed by atoms with Gasteiger partial charge in [-0.3, -0.25) is 4.79 Å². The third-order valence-corrected chi connectivity index (χ3v) is 5.45. The standard InChI is InChI=1S/C22H22FNO4/c1-26-18-4-2-3-15-13-19(28-20(15)18)21(25)24-14-22(9-11-27-12-10-22)16-5-7-17(23)8-6-16/h2-8,13H,9-12,14H2,1H3,(H,24,25). The molecule has 146 valence electrons. The van der Waals surface area contributed by atoms with Crippen LogP contribution in [-0.2, 0) is 10.2 Å². The number of hydrogen-bond donors (Lipinski definition) is 1. The number of amides is 1. The average Bonchev–Trinajstić information content (AvgIpc) is 3.18. The molecule has 0 atom stereocenters. The zero-order valence-corrected chi connectivity index (χ0v) is 15.7. The molecule has 2 aromatic carbocycles. The predicted molar refractivity (Wildman–Crippen MR) is 103 cm³/mol. The molecule has 0 unspecified atom stereocenters. The van der Waals surface area contributed by atoms with Crippen LogP contribution in [0.4, 0.5) is 4.39 Å². The molecular formula is C22H22FNO4. The number of hydrogen-bond acceptors (Lipinski definition) is 4. The number of nitrogens with one attached hydrogen (secondary N) is 1. The Morgan fingerprint density at radius 3 is 2.64 bits per heavy atom. The Hall–Kier alpha value is -2.86. The first kappa shape index (κ1) is 18.5.